The van der Waals surface area contributed by atoms with Gasteiger partial charge >= 0.3 is 5.97 Å². The van der Waals surface area contributed by atoms with E-state index in [0.717, 1.165) is 5.56 Å². The number of carboxylic acids is 1. The summed E-state index contributed by atoms with van der Waals surface area (Å²) in [5.74, 6) is -0.229. The monoisotopic (exact) mass is 252 g/mol. The molecule has 1 saturated carbocycles. The molecule has 0 spiro atoms. The highest BCUT2D eigenvalue weighted by Crippen LogP contribution is 2.41. The molecule has 0 unspecified atom stereocenters. The van der Waals surface area contributed by atoms with Crippen LogP contribution in [0.25, 0.3) is 11.1 Å². The second-order valence-electron chi connectivity index (χ2n) is 5.10. The Morgan fingerprint density at radius 2 is 1.84 bits per heavy atom. The first kappa shape index (κ1) is 12.0. The van der Waals surface area contributed by atoms with Gasteiger partial charge in [0, 0.05) is 0 Å². The third-order valence-corrected chi connectivity index (χ3v) is 3.93. The highest BCUT2D eigenvalue weighted by Gasteiger charge is 2.22. The van der Waals surface area contributed by atoms with Gasteiger partial charge in [-0.2, -0.15) is 0 Å². The normalized spacial score (nSPS) is 14.9. The zero-order valence-electron chi connectivity index (χ0n) is 10.7. The third-order valence-electron chi connectivity index (χ3n) is 3.93. The van der Waals surface area contributed by atoms with Crippen LogP contribution in [-0.2, 0) is 0 Å². The molecule has 2 aromatic rings. The lowest BCUT2D eigenvalue weighted by atomic mass is 9.77. The van der Waals surface area contributed by atoms with Gasteiger partial charge in [-0.25, -0.2) is 4.79 Å². The zero-order valence-corrected chi connectivity index (χ0v) is 10.7. The summed E-state index contributed by atoms with van der Waals surface area (Å²) in [5, 5.41) is 9.09. The van der Waals surface area contributed by atoms with E-state index in [-0.39, 0.29) is 0 Å². The predicted molar refractivity (Wildman–Crippen MR) is 75.4 cm³/mol. The predicted octanol–water partition coefficient (Wildman–Crippen LogP) is 4.32. The Kier molecular flexibility index (Phi) is 3.08. The van der Waals surface area contributed by atoms with Crippen LogP contribution in [0.15, 0.2) is 48.5 Å². The minimum Gasteiger partial charge on any atom is -0.478 e. The van der Waals surface area contributed by atoms with Gasteiger partial charge in [0.05, 0.1) is 5.56 Å². The van der Waals surface area contributed by atoms with Crippen LogP contribution in [0.2, 0.25) is 0 Å². The average Bonchev–Trinajstić information content (AvgIpc) is 2.37. The number of hydrogen-bond acceptors (Lipinski definition) is 1. The minimum absolute atomic E-state index is 0.348. The Labute approximate surface area is 112 Å². The van der Waals surface area contributed by atoms with Gasteiger partial charge in [-0.1, -0.05) is 42.8 Å². The van der Waals surface area contributed by atoms with Crippen LogP contribution < -0.4 is 0 Å². The molecular formula is C17H16O2. The molecular weight excluding hydrogens is 236 g/mol. The van der Waals surface area contributed by atoms with Gasteiger partial charge in [0.2, 0.25) is 0 Å². The van der Waals surface area contributed by atoms with Crippen LogP contribution in [0.4, 0.5) is 0 Å². The van der Waals surface area contributed by atoms with E-state index in [1.54, 1.807) is 12.1 Å². The molecule has 0 radical (unpaired) electrons. The van der Waals surface area contributed by atoms with Crippen LogP contribution in [0.5, 0.6) is 0 Å². The van der Waals surface area contributed by atoms with Gasteiger partial charge in [0.25, 0.3) is 0 Å². The second kappa shape index (κ2) is 4.88. The van der Waals surface area contributed by atoms with E-state index in [1.807, 2.05) is 18.2 Å². The van der Waals surface area contributed by atoms with Crippen molar-refractivity contribution >= 4 is 5.97 Å². The molecule has 0 saturated heterocycles. The van der Waals surface area contributed by atoms with Gasteiger partial charge in [0.15, 0.2) is 0 Å². The van der Waals surface area contributed by atoms with E-state index in [2.05, 4.69) is 18.2 Å². The fourth-order valence-electron chi connectivity index (χ4n) is 2.65. The molecule has 1 N–H and O–H groups in total. The summed E-state index contributed by atoms with van der Waals surface area (Å²) < 4.78 is 0. The Morgan fingerprint density at radius 1 is 1.05 bits per heavy atom. The number of carboxylic acid groups (broad SMARTS) is 1. The number of benzene rings is 2. The highest BCUT2D eigenvalue weighted by atomic mass is 16.4. The largest absolute Gasteiger partial charge is 0.478 e. The van der Waals surface area contributed by atoms with Crippen molar-refractivity contribution in [2.24, 2.45) is 0 Å². The molecule has 1 fully saturated rings. The maximum atomic E-state index is 11.1. The Hall–Kier alpha value is -2.09. The first-order chi connectivity index (χ1) is 9.25. The topological polar surface area (TPSA) is 37.3 Å². The Balaban J connectivity index is 2.06. The molecule has 3 rings (SSSR count). The fourth-order valence-corrected chi connectivity index (χ4v) is 2.65. The van der Waals surface area contributed by atoms with Crippen molar-refractivity contribution in [1.29, 1.82) is 0 Å². The summed E-state index contributed by atoms with van der Waals surface area (Å²) in [7, 11) is 0. The van der Waals surface area contributed by atoms with E-state index in [9.17, 15) is 4.79 Å². The van der Waals surface area contributed by atoms with Crippen LogP contribution in [0.1, 0.15) is 41.1 Å². The molecule has 0 aliphatic heterocycles. The molecule has 2 heteroatoms. The van der Waals surface area contributed by atoms with Gasteiger partial charge in [-0.3, -0.25) is 0 Å². The molecule has 1 aliphatic carbocycles. The molecule has 19 heavy (non-hydrogen) atoms. The van der Waals surface area contributed by atoms with Crippen LogP contribution in [0.3, 0.4) is 0 Å². The summed E-state index contributed by atoms with van der Waals surface area (Å²) in [4.78, 5) is 11.1. The number of rotatable bonds is 3. The van der Waals surface area contributed by atoms with Crippen LogP contribution in [0, 0.1) is 0 Å². The highest BCUT2D eigenvalue weighted by molar-refractivity contribution is 5.89. The van der Waals surface area contributed by atoms with Gasteiger partial charge in [-0.05, 0) is 47.6 Å². The van der Waals surface area contributed by atoms with E-state index in [4.69, 9.17) is 5.11 Å². The standard InChI is InChI=1S/C17H16O2/c18-17(19)14-8-4-7-13(11-14)16-10-2-1-9-15(16)12-5-3-6-12/h1-2,4,7-12H,3,5-6H2,(H,18,19). The third kappa shape index (κ3) is 2.26. The molecule has 0 heterocycles. The van der Waals surface area contributed by atoms with Crippen molar-refractivity contribution in [3.05, 3.63) is 59.7 Å². The van der Waals surface area contributed by atoms with Crippen molar-refractivity contribution in [2.75, 3.05) is 0 Å². The summed E-state index contributed by atoms with van der Waals surface area (Å²) in [6, 6.07) is 15.6. The van der Waals surface area contributed by atoms with Crippen LogP contribution >= 0.6 is 0 Å². The van der Waals surface area contributed by atoms with Crippen molar-refractivity contribution in [3.63, 3.8) is 0 Å². The molecule has 96 valence electrons. The van der Waals surface area contributed by atoms with Crippen molar-refractivity contribution < 1.29 is 9.90 Å². The molecule has 2 nitrogen and oxygen atoms in total. The maximum Gasteiger partial charge on any atom is 0.335 e. The van der Waals surface area contributed by atoms with Crippen molar-refractivity contribution in [1.82, 2.24) is 0 Å². The zero-order chi connectivity index (χ0) is 13.2. The molecule has 0 aromatic heterocycles. The maximum absolute atomic E-state index is 11.1. The SMILES string of the molecule is O=C(O)c1cccc(-c2ccccc2C2CCC2)c1. The Morgan fingerprint density at radius 3 is 2.53 bits per heavy atom. The molecule has 1 aliphatic rings. The molecule has 0 atom stereocenters. The van der Waals surface area contributed by atoms with Crippen molar-refractivity contribution in [3.8, 4) is 11.1 Å². The minimum atomic E-state index is -0.872. The summed E-state index contributed by atoms with van der Waals surface area (Å²) in [6.45, 7) is 0. The second-order valence-corrected chi connectivity index (χ2v) is 5.10. The molecule has 0 amide bonds. The first-order valence-electron chi connectivity index (χ1n) is 6.68. The van der Waals surface area contributed by atoms with E-state index < -0.39 is 5.97 Å². The lowest BCUT2D eigenvalue weighted by Gasteiger charge is -2.28. The molecule has 0 bridgehead atoms. The van der Waals surface area contributed by atoms with Gasteiger partial charge < -0.3 is 5.11 Å². The van der Waals surface area contributed by atoms with Gasteiger partial charge in [-0.15, -0.1) is 0 Å². The quantitative estimate of drug-likeness (QED) is 0.883. The van der Waals surface area contributed by atoms with E-state index >= 15 is 0 Å². The molecule has 2 aromatic carbocycles. The van der Waals surface area contributed by atoms with Crippen molar-refractivity contribution in [2.45, 2.75) is 25.2 Å². The van der Waals surface area contributed by atoms with Gasteiger partial charge in [0.1, 0.15) is 0 Å². The van der Waals surface area contributed by atoms with E-state index in [0.29, 0.717) is 11.5 Å². The van der Waals surface area contributed by atoms with Crippen LogP contribution in [-0.4, -0.2) is 11.1 Å². The lowest BCUT2D eigenvalue weighted by Crippen LogP contribution is -2.10. The average molecular weight is 252 g/mol. The first-order valence-corrected chi connectivity index (χ1v) is 6.68. The smallest absolute Gasteiger partial charge is 0.335 e. The summed E-state index contributed by atoms with van der Waals surface area (Å²) in [5.41, 5.74) is 3.88. The number of aromatic carboxylic acids is 1. The number of hydrogen-bond donors (Lipinski definition) is 1. The fraction of sp³-hybridized carbons (Fsp3) is 0.235. The Bertz CT molecular complexity index is 612. The summed E-state index contributed by atoms with van der Waals surface area (Å²) in [6.07, 6.45) is 3.79. The number of carbonyl (C=O) groups is 1. The lowest BCUT2D eigenvalue weighted by molar-refractivity contribution is 0.0697. The van der Waals surface area contributed by atoms with E-state index in [1.165, 1.54) is 30.4 Å². The summed E-state index contributed by atoms with van der Waals surface area (Å²) >= 11 is 0.